The highest BCUT2D eigenvalue weighted by Gasteiger charge is 2.07. The van der Waals surface area contributed by atoms with Gasteiger partial charge in [-0.1, -0.05) is 11.7 Å². The molecule has 12 heavy (non-hydrogen) atoms. The number of H-pyrrole nitrogens is 1. The molecule has 0 saturated heterocycles. The molecule has 0 atom stereocenters. The van der Waals surface area contributed by atoms with E-state index in [0.29, 0.717) is 17.4 Å². The zero-order valence-corrected chi connectivity index (χ0v) is 6.06. The molecule has 0 bridgehead atoms. The van der Waals surface area contributed by atoms with Gasteiger partial charge in [-0.05, 0) is 6.08 Å². The lowest BCUT2D eigenvalue weighted by molar-refractivity contribution is 0.411. The van der Waals surface area contributed by atoms with Gasteiger partial charge in [0.15, 0.2) is 5.69 Å². The Balaban J connectivity index is 2.41. The molecule has 0 spiro atoms. The lowest BCUT2D eigenvalue weighted by Gasteiger charge is -1.77. The van der Waals surface area contributed by atoms with Crippen LogP contribution >= 0.6 is 0 Å². The third-order valence-electron chi connectivity index (χ3n) is 1.26. The van der Waals surface area contributed by atoms with Gasteiger partial charge in [0.2, 0.25) is 11.7 Å². The zero-order valence-electron chi connectivity index (χ0n) is 6.06. The van der Waals surface area contributed by atoms with Crippen LogP contribution in [-0.4, -0.2) is 25.6 Å². The normalized spacial score (nSPS) is 10.0. The number of nitrogens with zero attached hydrogens (tertiary/aromatic N) is 4. The van der Waals surface area contributed by atoms with Crippen molar-refractivity contribution in [2.75, 3.05) is 0 Å². The molecule has 0 saturated carbocycles. The quantitative estimate of drug-likeness (QED) is 0.697. The summed E-state index contributed by atoms with van der Waals surface area (Å²) in [5.41, 5.74) is 0.548. The molecule has 6 heteroatoms. The first-order chi connectivity index (χ1) is 5.90. The van der Waals surface area contributed by atoms with Gasteiger partial charge >= 0.3 is 0 Å². The molecule has 0 aromatic carbocycles. The van der Waals surface area contributed by atoms with Crippen LogP contribution in [-0.2, 0) is 0 Å². The predicted octanol–water partition coefficient (Wildman–Crippen LogP) is 0.498. The van der Waals surface area contributed by atoms with Crippen LogP contribution in [0.5, 0.6) is 0 Å². The van der Waals surface area contributed by atoms with Crippen molar-refractivity contribution in [1.82, 2.24) is 25.6 Å². The van der Waals surface area contributed by atoms with E-state index in [2.05, 4.69) is 32.1 Å². The lowest BCUT2D eigenvalue weighted by Crippen LogP contribution is -1.79. The first kappa shape index (κ1) is 6.71. The molecule has 0 unspecified atom stereocenters. The number of nitrogens with one attached hydrogen (secondary N) is 1. The second kappa shape index (κ2) is 2.57. The summed E-state index contributed by atoms with van der Waals surface area (Å²) in [5, 5.41) is 13.5. The molecule has 0 radical (unpaired) electrons. The molecule has 0 aliphatic heterocycles. The van der Waals surface area contributed by atoms with Crippen LogP contribution in [0.2, 0.25) is 0 Å². The van der Waals surface area contributed by atoms with E-state index in [0.717, 1.165) is 0 Å². The van der Waals surface area contributed by atoms with Gasteiger partial charge in [0, 0.05) is 0 Å². The Kier molecular flexibility index (Phi) is 1.44. The number of hydrogen-bond donors (Lipinski definition) is 1. The number of hydrogen-bond acceptors (Lipinski definition) is 5. The van der Waals surface area contributed by atoms with Gasteiger partial charge in [0.05, 0.1) is 6.20 Å². The Morgan fingerprint density at radius 1 is 1.58 bits per heavy atom. The second-order valence-corrected chi connectivity index (χ2v) is 2.02. The highest BCUT2D eigenvalue weighted by Crippen LogP contribution is 2.10. The smallest absolute Gasteiger partial charge is 0.250 e. The highest BCUT2D eigenvalue weighted by atomic mass is 16.5. The largest absolute Gasteiger partial charge is 0.334 e. The molecule has 0 aliphatic carbocycles. The molecule has 1 N–H and O–H groups in total. The van der Waals surface area contributed by atoms with E-state index in [1.165, 1.54) is 12.3 Å². The predicted molar refractivity (Wildman–Crippen MR) is 39.8 cm³/mol. The van der Waals surface area contributed by atoms with Crippen molar-refractivity contribution in [2.24, 2.45) is 0 Å². The van der Waals surface area contributed by atoms with Gasteiger partial charge in [-0.3, -0.25) is 0 Å². The van der Waals surface area contributed by atoms with Crippen molar-refractivity contribution in [3.63, 3.8) is 0 Å². The zero-order chi connectivity index (χ0) is 8.39. The number of aromatic amines is 1. The van der Waals surface area contributed by atoms with Crippen molar-refractivity contribution in [1.29, 1.82) is 0 Å². The van der Waals surface area contributed by atoms with Crippen LogP contribution < -0.4 is 0 Å². The van der Waals surface area contributed by atoms with E-state index >= 15 is 0 Å². The summed E-state index contributed by atoms with van der Waals surface area (Å²) in [5.74, 6) is 0.770. The monoisotopic (exact) mass is 163 g/mol. The minimum absolute atomic E-state index is 0.369. The van der Waals surface area contributed by atoms with Crippen molar-refractivity contribution in [3.8, 4) is 11.5 Å². The van der Waals surface area contributed by atoms with Gasteiger partial charge in [-0.15, -0.1) is 0 Å². The Morgan fingerprint density at radius 3 is 3.08 bits per heavy atom. The van der Waals surface area contributed by atoms with Gasteiger partial charge in [0.25, 0.3) is 0 Å². The molecule has 2 heterocycles. The molecule has 0 fully saturated rings. The van der Waals surface area contributed by atoms with Crippen molar-refractivity contribution in [3.05, 3.63) is 18.7 Å². The molecular weight excluding hydrogens is 158 g/mol. The van der Waals surface area contributed by atoms with E-state index in [1.54, 1.807) is 0 Å². The molecule has 60 valence electrons. The molecule has 2 aromatic rings. The van der Waals surface area contributed by atoms with Crippen molar-refractivity contribution in [2.45, 2.75) is 0 Å². The van der Waals surface area contributed by atoms with Crippen LogP contribution in [0.25, 0.3) is 17.6 Å². The lowest BCUT2D eigenvalue weighted by atomic mass is 10.4. The average Bonchev–Trinajstić information content (AvgIpc) is 2.75. The molecule has 2 rings (SSSR count). The molecule has 6 nitrogen and oxygen atoms in total. The fraction of sp³-hybridized carbons (Fsp3) is 0. The average molecular weight is 163 g/mol. The van der Waals surface area contributed by atoms with Crippen LogP contribution in [0.1, 0.15) is 5.89 Å². The Morgan fingerprint density at radius 2 is 2.50 bits per heavy atom. The highest BCUT2D eigenvalue weighted by molar-refractivity contribution is 5.47. The van der Waals surface area contributed by atoms with Gasteiger partial charge in [-0.25, -0.2) is 0 Å². The van der Waals surface area contributed by atoms with Gasteiger partial charge in [0.1, 0.15) is 0 Å². The van der Waals surface area contributed by atoms with E-state index < -0.39 is 0 Å². The molecule has 2 aromatic heterocycles. The van der Waals surface area contributed by atoms with Crippen molar-refractivity contribution < 1.29 is 4.52 Å². The molecule has 0 amide bonds. The molecule has 0 aliphatic rings. The van der Waals surface area contributed by atoms with Crippen LogP contribution in [0, 0.1) is 0 Å². The number of rotatable bonds is 2. The fourth-order valence-corrected chi connectivity index (χ4v) is 0.731. The van der Waals surface area contributed by atoms with Gasteiger partial charge in [-0.2, -0.15) is 20.4 Å². The summed E-state index contributed by atoms with van der Waals surface area (Å²) in [6, 6.07) is 0. The first-order valence-electron chi connectivity index (χ1n) is 3.22. The Bertz CT molecular complexity index is 376. The maximum Gasteiger partial charge on any atom is 0.250 e. The summed E-state index contributed by atoms with van der Waals surface area (Å²) in [6.07, 6.45) is 2.98. The first-order valence-corrected chi connectivity index (χ1v) is 3.22. The Labute approximate surface area is 67.3 Å². The van der Waals surface area contributed by atoms with E-state index in [-0.39, 0.29) is 0 Å². The third kappa shape index (κ3) is 0.986. The second-order valence-electron chi connectivity index (χ2n) is 2.02. The summed E-state index contributed by atoms with van der Waals surface area (Å²) < 4.78 is 4.78. The fourth-order valence-electron chi connectivity index (χ4n) is 0.731. The van der Waals surface area contributed by atoms with Gasteiger partial charge < -0.3 is 4.52 Å². The standard InChI is InChI=1S/C6H5N5O/c1-2-5-8-6(10-12-5)4-3-7-11-9-4/h2-3H,1H2,(H,7,9,11). The molecular formula is C6H5N5O. The van der Waals surface area contributed by atoms with Crippen molar-refractivity contribution >= 4 is 6.08 Å². The minimum Gasteiger partial charge on any atom is -0.334 e. The van der Waals surface area contributed by atoms with E-state index in [1.807, 2.05) is 0 Å². The summed E-state index contributed by atoms with van der Waals surface area (Å²) in [6.45, 7) is 3.49. The summed E-state index contributed by atoms with van der Waals surface area (Å²) in [7, 11) is 0. The maximum atomic E-state index is 4.78. The number of aromatic nitrogens is 5. The van der Waals surface area contributed by atoms with E-state index in [9.17, 15) is 0 Å². The minimum atomic E-state index is 0.369. The van der Waals surface area contributed by atoms with E-state index in [4.69, 9.17) is 4.52 Å². The van der Waals surface area contributed by atoms with Crippen LogP contribution in [0.3, 0.4) is 0 Å². The maximum absolute atomic E-state index is 4.78. The SMILES string of the molecule is C=Cc1nc(-c2cn[nH]n2)no1. The Hall–Kier alpha value is -1.98. The van der Waals surface area contributed by atoms with Crippen LogP contribution in [0.4, 0.5) is 0 Å². The summed E-state index contributed by atoms with van der Waals surface area (Å²) in [4.78, 5) is 3.95. The summed E-state index contributed by atoms with van der Waals surface area (Å²) >= 11 is 0. The third-order valence-corrected chi connectivity index (χ3v) is 1.26. The topological polar surface area (TPSA) is 80.5 Å². The van der Waals surface area contributed by atoms with Crippen LogP contribution in [0.15, 0.2) is 17.3 Å².